The van der Waals surface area contributed by atoms with Crippen LogP contribution < -0.4 is 0 Å². The molecule has 0 spiro atoms. The van der Waals surface area contributed by atoms with Crippen LogP contribution in [0.3, 0.4) is 0 Å². The lowest BCUT2D eigenvalue weighted by Gasteiger charge is -2.36. The number of piperidine rings is 1. The number of morpholine rings is 1. The van der Waals surface area contributed by atoms with Crippen LogP contribution in [0, 0.1) is 0 Å². The number of carbonyl (C=O) groups is 1. The summed E-state index contributed by atoms with van der Waals surface area (Å²) in [5.41, 5.74) is 3.56. The Morgan fingerprint density at radius 1 is 1.30 bits per heavy atom. The summed E-state index contributed by atoms with van der Waals surface area (Å²) < 4.78 is 5.90. The number of hydrogen-bond acceptors (Lipinski definition) is 4. The van der Waals surface area contributed by atoms with Crippen molar-refractivity contribution in [2.75, 3.05) is 26.2 Å². The van der Waals surface area contributed by atoms with Crippen molar-refractivity contribution in [2.24, 2.45) is 0 Å². The standard InChI is InChI=1S/C21H30N4O2/c1-14-10-24(11-15(2)27-14)13-19-18-7-4-8-22-21(18)23-20(19)17-6-5-9-25(12-17)16(3)26/h4,7-8,14-15,17H,5-6,9-13H2,1-3H3,(H,22,23). The molecule has 0 bridgehead atoms. The Hall–Kier alpha value is -1.92. The number of H-pyrrole nitrogens is 1. The van der Waals surface area contributed by atoms with Gasteiger partial charge in [0.2, 0.25) is 5.91 Å². The van der Waals surface area contributed by atoms with E-state index in [0.717, 1.165) is 51.2 Å². The van der Waals surface area contributed by atoms with Crippen LogP contribution >= 0.6 is 0 Å². The molecule has 0 saturated carbocycles. The molecule has 3 atom stereocenters. The summed E-state index contributed by atoms with van der Waals surface area (Å²) in [6.45, 7) is 10.4. The Balaban J connectivity index is 1.66. The molecule has 2 saturated heterocycles. The smallest absolute Gasteiger partial charge is 0.219 e. The minimum Gasteiger partial charge on any atom is -0.373 e. The Morgan fingerprint density at radius 3 is 2.81 bits per heavy atom. The molecule has 0 aliphatic carbocycles. The third kappa shape index (κ3) is 3.87. The number of aromatic amines is 1. The highest BCUT2D eigenvalue weighted by molar-refractivity contribution is 5.81. The molecule has 1 N–H and O–H groups in total. The zero-order valence-electron chi connectivity index (χ0n) is 16.6. The predicted octanol–water partition coefficient (Wildman–Crippen LogP) is 2.90. The highest BCUT2D eigenvalue weighted by Gasteiger charge is 2.29. The van der Waals surface area contributed by atoms with Gasteiger partial charge in [0, 0.05) is 62.8 Å². The lowest BCUT2D eigenvalue weighted by atomic mass is 9.91. The fraction of sp³-hybridized carbons (Fsp3) is 0.619. The van der Waals surface area contributed by atoms with E-state index in [4.69, 9.17) is 4.74 Å². The molecular formula is C21H30N4O2. The maximum atomic E-state index is 11.9. The van der Waals surface area contributed by atoms with Crippen molar-refractivity contribution in [2.45, 2.75) is 58.3 Å². The summed E-state index contributed by atoms with van der Waals surface area (Å²) in [6.07, 6.45) is 4.51. The highest BCUT2D eigenvalue weighted by Crippen LogP contribution is 2.33. The molecule has 0 radical (unpaired) electrons. The summed E-state index contributed by atoms with van der Waals surface area (Å²) in [4.78, 5) is 24.5. The van der Waals surface area contributed by atoms with E-state index < -0.39 is 0 Å². The number of nitrogens with zero attached hydrogens (tertiary/aromatic N) is 3. The zero-order chi connectivity index (χ0) is 19.0. The maximum absolute atomic E-state index is 11.9. The number of nitrogens with one attached hydrogen (secondary N) is 1. The molecule has 27 heavy (non-hydrogen) atoms. The lowest BCUT2D eigenvalue weighted by Crippen LogP contribution is -2.45. The number of hydrogen-bond donors (Lipinski definition) is 1. The number of carbonyl (C=O) groups excluding carboxylic acids is 1. The first-order valence-electron chi connectivity index (χ1n) is 10.1. The van der Waals surface area contributed by atoms with Gasteiger partial charge in [-0.15, -0.1) is 0 Å². The normalized spacial score (nSPS) is 27.2. The fourth-order valence-corrected chi connectivity index (χ4v) is 4.75. The van der Waals surface area contributed by atoms with Crippen molar-refractivity contribution in [3.05, 3.63) is 29.6 Å². The molecule has 6 heteroatoms. The van der Waals surface area contributed by atoms with Gasteiger partial charge >= 0.3 is 0 Å². The molecule has 0 aromatic carbocycles. The predicted molar refractivity (Wildman–Crippen MR) is 106 cm³/mol. The number of aromatic nitrogens is 2. The van der Waals surface area contributed by atoms with E-state index in [1.165, 1.54) is 16.6 Å². The Labute approximate surface area is 160 Å². The molecule has 1 amide bonds. The largest absolute Gasteiger partial charge is 0.373 e. The number of pyridine rings is 1. The van der Waals surface area contributed by atoms with Gasteiger partial charge in [-0.05, 0) is 44.4 Å². The maximum Gasteiger partial charge on any atom is 0.219 e. The highest BCUT2D eigenvalue weighted by atomic mass is 16.5. The fourth-order valence-electron chi connectivity index (χ4n) is 4.75. The van der Waals surface area contributed by atoms with Crippen molar-refractivity contribution in [3.63, 3.8) is 0 Å². The van der Waals surface area contributed by atoms with Gasteiger partial charge in [0.15, 0.2) is 0 Å². The van der Waals surface area contributed by atoms with Gasteiger partial charge < -0.3 is 14.6 Å². The third-order valence-electron chi connectivity index (χ3n) is 5.86. The van der Waals surface area contributed by atoms with E-state index in [1.54, 1.807) is 6.92 Å². The average molecular weight is 370 g/mol. The average Bonchev–Trinajstić information content (AvgIpc) is 3.00. The number of amides is 1. The van der Waals surface area contributed by atoms with Gasteiger partial charge in [0.05, 0.1) is 12.2 Å². The van der Waals surface area contributed by atoms with Gasteiger partial charge in [0.25, 0.3) is 0 Å². The molecule has 2 fully saturated rings. The second-order valence-electron chi connectivity index (χ2n) is 8.17. The van der Waals surface area contributed by atoms with E-state index in [2.05, 4.69) is 34.8 Å². The molecule has 146 valence electrons. The summed E-state index contributed by atoms with van der Waals surface area (Å²) >= 11 is 0. The number of fused-ring (bicyclic) bond motifs is 1. The van der Waals surface area contributed by atoms with Crippen molar-refractivity contribution in [1.29, 1.82) is 0 Å². The monoisotopic (exact) mass is 370 g/mol. The lowest BCUT2D eigenvalue weighted by molar-refractivity contribution is -0.130. The van der Waals surface area contributed by atoms with Crippen LogP contribution in [0.4, 0.5) is 0 Å². The Morgan fingerprint density at radius 2 is 2.07 bits per heavy atom. The molecule has 2 aliphatic heterocycles. The van der Waals surface area contributed by atoms with Crippen LogP contribution in [-0.2, 0) is 16.1 Å². The van der Waals surface area contributed by atoms with Gasteiger partial charge in [-0.3, -0.25) is 9.69 Å². The minimum atomic E-state index is 0.173. The summed E-state index contributed by atoms with van der Waals surface area (Å²) in [7, 11) is 0. The van der Waals surface area contributed by atoms with Crippen molar-refractivity contribution < 1.29 is 9.53 Å². The molecule has 2 aromatic heterocycles. The molecule has 4 rings (SSSR count). The van der Waals surface area contributed by atoms with E-state index >= 15 is 0 Å². The Bertz CT molecular complexity index is 808. The second kappa shape index (κ2) is 7.60. The van der Waals surface area contributed by atoms with Gasteiger partial charge in [-0.1, -0.05) is 0 Å². The van der Waals surface area contributed by atoms with Crippen LogP contribution in [0.25, 0.3) is 11.0 Å². The molecule has 6 nitrogen and oxygen atoms in total. The van der Waals surface area contributed by atoms with E-state index in [1.807, 2.05) is 17.2 Å². The quantitative estimate of drug-likeness (QED) is 0.902. The second-order valence-corrected chi connectivity index (χ2v) is 8.17. The summed E-state index contributed by atoms with van der Waals surface area (Å²) in [6, 6.07) is 4.17. The van der Waals surface area contributed by atoms with Crippen LogP contribution in [0.1, 0.15) is 50.8 Å². The first-order valence-corrected chi connectivity index (χ1v) is 10.1. The molecule has 4 heterocycles. The minimum absolute atomic E-state index is 0.173. The molecule has 3 unspecified atom stereocenters. The van der Waals surface area contributed by atoms with Crippen LogP contribution in [0.5, 0.6) is 0 Å². The van der Waals surface area contributed by atoms with Gasteiger partial charge in [-0.2, -0.15) is 0 Å². The van der Waals surface area contributed by atoms with E-state index in [-0.39, 0.29) is 18.1 Å². The number of rotatable bonds is 3. The summed E-state index contributed by atoms with van der Waals surface area (Å²) in [5, 5.41) is 1.21. The molecule has 2 aliphatic rings. The number of likely N-dealkylation sites (tertiary alicyclic amines) is 1. The van der Waals surface area contributed by atoms with Crippen LogP contribution in [-0.4, -0.2) is 64.1 Å². The topological polar surface area (TPSA) is 61.5 Å². The van der Waals surface area contributed by atoms with Crippen LogP contribution in [0.2, 0.25) is 0 Å². The first-order chi connectivity index (χ1) is 13.0. The third-order valence-corrected chi connectivity index (χ3v) is 5.86. The molecule has 2 aromatic rings. The van der Waals surface area contributed by atoms with Crippen molar-refractivity contribution in [1.82, 2.24) is 19.8 Å². The van der Waals surface area contributed by atoms with Crippen LogP contribution in [0.15, 0.2) is 18.3 Å². The van der Waals surface area contributed by atoms with E-state index in [9.17, 15) is 4.79 Å². The van der Waals surface area contributed by atoms with Crippen molar-refractivity contribution >= 4 is 16.9 Å². The summed E-state index contributed by atoms with van der Waals surface area (Å²) in [5.74, 6) is 0.522. The van der Waals surface area contributed by atoms with E-state index in [0.29, 0.717) is 5.92 Å². The SMILES string of the molecule is CC(=O)N1CCCC(c2[nH]c3ncccc3c2CN2CC(C)OC(C)C2)C1. The Kier molecular flexibility index (Phi) is 5.19. The zero-order valence-corrected chi connectivity index (χ0v) is 16.6. The van der Waals surface area contributed by atoms with Gasteiger partial charge in [-0.25, -0.2) is 4.98 Å². The van der Waals surface area contributed by atoms with Crippen molar-refractivity contribution in [3.8, 4) is 0 Å². The first kappa shape index (κ1) is 18.4. The van der Waals surface area contributed by atoms with Gasteiger partial charge in [0.1, 0.15) is 5.65 Å². The molecular weight excluding hydrogens is 340 g/mol. The number of ether oxygens (including phenoxy) is 1.